The molecular weight excluding hydrogens is 532 g/mol. The monoisotopic (exact) mass is 576 g/mol. The number of likely N-dealkylation sites (N-methyl/N-ethyl adjacent to an activating group) is 1. The fraction of sp³-hybridized carbons (Fsp3) is 0.548. The van der Waals surface area contributed by atoms with Crippen molar-refractivity contribution in [2.45, 2.75) is 38.3 Å². The third kappa shape index (κ3) is 7.26. The number of amides is 1. The van der Waals surface area contributed by atoms with Gasteiger partial charge in [-0.15, -0.1) is 0 Å². The smallest absolute Gasteiger partial charge is 0.246 e. The third-order valence-corrected chi connectivity index (χ3v) is 8.58. The van der Waals surface area contributed by atoms with Crippen LogP contribution >= 0.6 is 0 Å². The molecule has 0 radical (unpaired) electrons. The van der Waals surface area contributed by atoms with E-state index in [0.29, 0.717) is 56.0 Å². The largest absolute Gasteiger partial charge is 0.373 e. The van der Waals surface area contributed by atoms with E-state index >= 15 is 0 Å². The summed E-state index contributed by atoms with van der Waals surface area (Å²) in [7, 11) is 2.21. The first-order valence-corrected chi connectivity index (χ1v) is 15.1. The van der Waals surface area contributed by atoms with E-state index < -0.39 is 0 Å². The van der Waals surface area contributed by atoms with Crippen LogP contribution in [0.5, 0.6) is 0 Å². The minimum absolute atomic E-state index is 0.0969. The number of morpholine rings is 1. The van der Waals surface area contributed by atoms with Crippen LogP contribution in [0.3, 0.4) is 0 Å². The highest BCUT2D eigenvalue weighted by Gasteiger charge is 2.27. The average molecular weight is 577 g/mol. The number of nitrogens with one attached hydrogen (secondary N) is 2. The number of piperidine rings is 1. The van der Waals surface area contributed by atoms with Gasteiger partial charge in [0.25, 0.3) is 0 Å². The summed E-state index contributed by atoms with van der Waals surface area (Å²) < 4.78 is 5.85. The van der Waals surface area contributed by atoms with E-state index in [2.05, 4.69) is 56.1 Å². The molecule has 42 heavy (non-hydrogen) atoms. The van der Waals surface area contributed by atoms with E-state index in [1.807, 2.05) is 19.1 Å². The van der Waals surface area contributed by atoms with Crippen molar-refractivity contribution in [3.8, 4) is 0 Å². The Morgan fingerprint density at radius 1 is 1.05 bits per heavy atom. The molecule has 11 heteroatoms. The molecule has 3 aliphatic rings. The summed E-state index contributed by atoms with van der Waals surface area (Å²) in [5.41, 5.74) is 3.02. The standard InChI is InChI=1S/C31H44N8O3/c1-4-27-30(32-20-26-21-39(18-19-42-26)29(41)5-2)35-31(28(22-40)34-27)33-23-6-8-24(9-7-23)37-12-10-25(11-13-37)38-16-14-36(3)15-17-38/h5-9,22,25-26H,2,4,10-21H2,1,3H3,(H2,32,33,35). The van der Waals surface area contributed by atoms with Gasteiger partial charge in [-0.25, -0.2) is 9.97 Å². The molecular formula is C31H44N8O3. The highest BCUT2D eigenvalue weighted by molar-refractivity contribution is 5.87. The van der Waals surface area contributed by atoms with Gasteiger partial charge in [-0.05, 0) is 56.7 Å². The number of anilines is 4. The lowest BCUT2D eigenvalue weighted by Crippen LogP contribution is -2.52. The molecule has 3 saturated heterocycles. The number of benzene rings is 1. The van der Waals surface area contributed by atoms with Gasteiger partial charge in [0.05, 0.1) is 18.4 Å². The summed E-state index contributed by atoms with van der Waals surface area (Å²) in [5, 5.41) is 6.64. The number of carbonyl (C=O) groups excluding carboxylic acids is 2. The summed E-state index contributed by atoms with van der Waals surface area (Å²) in [6.45, 7) is 14.3. The van der Waals surface area contributed by atoms with E-state index in [-0.39, 0.29) is 17.7 Å². The number of carbonyl (C=O) groups is 2. The zero-order valence-corrected chi connectivity index (χ0v) is 24.9. The van der Waals surface area contributed by atoms with Crippen LogP contribution in [0.1, 0.15) is 35.9 Å². The maximum absolute atomic E-state index is 12.0. The summed E-state index contributed by atoms with van der Waals surface area (Å²) >= 11 is 0. The van der Waals surface area contributed by atoms with Crippen molar-refractivity contribution >= 4 is 35.2 Å². The molecule has 3 fully saturated rings. The Morgan fingerprint density at radius 3 is 2.45 bits per heavy atom. The Hall–Kier alpha value is -3.54. The van der Waals surface area contributed by atoms with Crippen LogP contribution in [0.25, 0.3) is 0 Å². The molecule has 0 saturated carbocycles. The number of aromatic nitrogens is 2. The molecule has 1 amide bonds. The minimum atomic E-state index is -0.185. The number of piperazine rings is 1. The maximum atomic E-state index is 12.0. The molecule has 2 aromatic rings. The fourth-order valence-electron chi connectivity index (χ4n) is 6.00. The first kappa shape index (κ1) is 29.9. The van der Waals surface area contributed by atoms with E-state index in [1.54, 1.807) is 4.90 Å². The Morgan fingerprint density at radius 2 is 1.79 bits per heavy atom. The van der Waals surface area contributed by atoms with Gasteiger partial charge >= 0.3 is 0 Å². The highest BCUT2D eigenvalue weighted by atomic mass is 16.5. The molecule has 0 spiro atoms. The Balaban J connectivity index is 1.20. The number of ether oxygens (including phenoxy) is 1. The van der Waals surface area contributed by atoms with Crippen molar-refractivity contribution in [1.29, 1.82) is 0 Å². The second-order valence-electron chi connectivity index (χ2n) is 11.3. The quantitative estimate of drug-likeness (QED) is 0.324. The van der Waals surface area contributed by atoms with Gasteiger partial charge < -0.3 is 30.1 Å². The number of rotatable bonds is 10. The van der Waals surface area contributed by atoms with E-state index in [4.69, 9.17) is 9.72 Å². The fourth-order valence-corrected chi connectivity index (χ4v) is 6.00. The molecule has 0 bridgehead atoms. The minimum Gasteiger partial charge on any atom is -0.373 e. The third-order valence-electron chi connectivity index (χ3n) is 8.58. The SMILES string of the molecule is C=CC(=O)N1CCOC(CNc2nc(Nc3ccc(N4CCC(N5CCN(C)CC5)CC4)cc3)c(C=O)nc2CC)C1. The van der Waals surface area contributed by atoms with Gasteiger partial charge in [-0.3, -0.25) is 14.5 Å². The second kappa shape index (κ2) is 14.1. The molecule has 3 aliphatic heterocycles. The van der Waals surface area contributed by atoms with Crippen molar-refractivity contribution < 1.29 is 14.3 Å². The van der Waals surface area contributed by atoms with Crippen molar-refractivity contribution in [2.24, 2.45) is 0 Å². The maximum Gasteiger partial charge on any atom is 0.246 e. The molecule has 226 valence electrons. The molecule has 2 N–H and O–H groups in total. The zero-order chi connectivity index (χ0) is 29.5. The molecule has 1 aromatic carbocycles. The summed E-state index contributed by atoms with van der Waals surface area (Å²) in [5.74, 6) is 0.903. The number of hydrogen-bond acceptors (Lipinski definition) is 10. The Labute approximate surface area is 248 Å². The predicted octanol–water partition coefficient (Wildman–Crippen LogP) is 2.64. The van der Waals surface area contributed by atoms with Crippen LogP contribution in [0.2, 0.25) is 0 Å². The average Bonchev–Trinajstić information content (AvgIpc) is 3.04. The first-order chi connectivity index (χ1) is 20.5. The summed E-state index contributed by atoms with van der Waals surface area (Å²) in [6, 6.07) is 8.99. The van der Waals surface area contributed by atoms with Gasteiger partial charge in [0.2, 0.25) is 5.91 Å². The van der Waals surface area contributed by atoms with Gasteiger partial charge in [0, 0.05) is 76.3 Å². The lowest BCUT2D eigenvalue weighted by molar-refractivity contribution is -0.132. The number of aryl methyl sites for hydroxylation is 1. The van der Waals surface area contributed by atoms with E-state index in [1.165, 1.54) is 37.7 Å². The number of nitrogens with zero attached hydrogens (tertiary/aromatic N) is 6. The first-order valence-electron chi connectivity index (χ1n) is 15.1. The molecule has 5 rings (SSSR count). The highest BCUT2D eigenvalue weighted by Crippen LogP contribution is 2.27. The summed E-state index contributed by atoms with van der Waals surface area (Å²) in [4.78, 5) is 42.5. The van der Waals surface area contributed by atoms with Crippen LogP contribution < -0.4 is 15.5 Å². The normalized spacial score (nSPS) is 20.8. The van der Waals surface area contributed by atoms with Crippen LogP contribution in [0.4, 0.5) is 23.0 Å². The van der Waals surface area contributed by atoms with Crippen molar-refractivity contribution in [3.05, 3.63) is 48.3 Å². The van der Waals surface area contributed by atoms with Crippen LogP contribution in [0.15, 0.2) is 36.9 Å². The predicted molar refractivity (Wildman–Crippen MR) is 166 cm³/mol. The van der Waals surface area contributed by atoms with Crippen molar-refractivity contribution in [3.63, 3.8) is 0 Å². The molecule has 0 aliphatic carbocycles. The van der Waals surface area contributed by atoms with Gasteiger partial charge in [-0.1, -0.05) is 13.5 Å². The van der Waals surface area contributed by atoms with Gasteiger partial charge in [0.15, 0.2) is 12.1 Å². The Kier molecular flexibility index (Phi) is 10.0. The molecule has 1 aromatic heterocycles. The van der Waals surface area contributed by atoms with E-state index in [0.717, 1.165) is 38.2 Å². The zero-order valence-electron chi connectivity index (χ0n) is 24.9. The van der Waals surface area contributed by atoms with Crippen molar-refractivity contribution in [2.75, 3.05) is 88.1 Å². The topological polar surface area (TPSA) is 106 Å². The van der Waals surface area contributed by atoms with E-state index in [9.17, 15) is 9.59 Å². The van der Waals surface area contributed by atoms with Crippen LogP contribution in [0, 0.1) is 0 Å². The molecule has 11 nitrogen and oxygen atoms in total. The van der Waals surface area contributed by atoms with Crippen LogP contribution in [-0.2, 0) is 16.0 Å². The van der Waals surface area contributed by atoms with Gasteiger partial charge in [0.1, 0.15) is 11.5 Å². The molecule has 4 heterocycles. The number of hydrogen-bond donors (Lipinski definition) is 2. The van der Waals surface area contributed by atoms with Gasteiger partial charge in [-0.2, -0.15) is 0 Å². The van der Waals surface area contributed by atoms with Crippen LogP contribution in [-0.4, -0.2) is 122 Å². The Bertz CT molecular complexity index is 1220. The second-order valence-corrected chi connectivity index (χ2v) is 11.3. The molecule has 1 unspecified atom stereocenters. The lowest BCUT2D eigenvalue weighted by Gasteiger charge is -2.42. The summed E-state index contributed by atoms with van der Waals surface area (Å²) in [6.07, 6.45) is 4.88. The molecule has 1 atom stereocenters. The number of aldehydes is 1. The lowest BCUT2D eigenvalue weighted by atomic mass is 10.0. The van der Waals surface area contributed by atoms with Crippen molar-refractivity contribution in [1.82, 2.24) is 24.7 Å².